The van der Waals surface area contributed by atoms with E-state index in [9.17, 15) is 22.4 Å². The van der Waals surface area contributed by atoms with E-state index in [-0.39, 0.29) is 40.4 Å². The summed E-state index contributed by atoms with van der Waals surface area (Å²) in [6, 6.07) is 12.5. The molecule has 5 nitrogen and oxygen atoms in total. The van der Waals surface area contributed by atoms with Crippen molar-refractivity contribution in [1.82, 2.24) is 15.3 Å². The molecule has 0 spiro atoms. The molecule has 1 fully saturated rings. The van der Waals surface area contributed by atoms with E-state index in [2.05, 4.69) is 20.0 Å². The minimum Gasteiger partial charge on any atom is -0.405 e. The number of aromatic nitrogens is 2. The van der Waals surface area contributed by atoms with Gasteiger partial charge in [-0.05, 0) is 80.3 Å². The first-order valence-corrected chi connectivity index (χ1v) is 12.5. The van der Waals surface area contributed by atoms with Crippen LogP contribution in [0.1, 0.15) is 53.2 Å². The highest BCUT2D eigenvalue weighted by Crippen LogP contribution is 2.39. The molecule has 0 radical (unpaired) electrons. The summed E-state index contributed by atoms with van der Waals surface area (Å²) in [7, 11) is 0. The number of para-hydroxylation sites is 1. The van der Waals surface area contributed by atoms with Crippen LogP contribution in [0.25, 0.3) is 22.0 Å². The number of aromatic amines is 1. The molecule has 0 saturated heterocycles. The fourth-order valence-corrected chi connectivity index (χ4v) is 5.39. The van der Waals surface area contributed by atoms with Gasteiger partial charge in [-0.25, -0.2) is 4.39 Å². The number of pyridine rings is 1. The van der Waals surface area contributed by atoms with Crippen molar-refractivity contribution >= 4 is 16.8 Å². The maximum absolute atomic E-state index is 13.9. The number of carbonyl (C=O) groups is 1. The Bertz CT molecular complexity index is 1460. The number of aryl methyl sites for hydroxylation is 1. The zero-order valence-electron chi connectivity index (χ0n) is 20.7. The Morgan fingerprint density at radius 1 is 1.05 bits per heavy atom. The van der Waals surface area contributed by atoms with E-state index in [0.29, 0.717) is 12.1 Å². The van der Waals surface area contributed by atoms with Crippen LogP contribution in [0.3, 0.4) is 0 Å². The van der Waals surface area contributed by atoms with Crippen LogP contribution >= 0.6 is 0 Å². The average Bonchev–Trinajstić information content (AvgIpc) is 3.37. The molecule has 1 aliphatic carbocycles. The van der Waals surface area contributed by atoms with Crippen LogP contribution in [0.2, 0.25) is 0 Å². The number of H-pyrrole nitrogens is 1. The molecule has 0 unspecified atom stereocenters. The predicted molar refractivity (Wildman–Crippen MR) is 136 cm³/mol. The summed E-state index contributed by atoms with van der Waals surface area (Å²) in [5.74, 6) is -0.460. The normalized spacial score (nSPS) is 17.9. The first-order valence-electron chi connectivity index (χ1n) is 12.5. The number of ether oxygens (including phenoxy) is 1. The Kier molecular flexibility index (Phi) is 7.10. The zero-order chi connectivity index (χ0) is 26.9. The van der Waals surface area contributed by atoms with Crippen LogP contribution in [0.4, 0.5) is 17.6 Å². The van der Waals surface area contributed by atoms with Crippen molar-refractivity contribution in [2.45, 2.75) is 44.9 Å². The number of hydrogen-bond acceptors (Lipinski definition) is 3. The molecule has 1 saturated carbocycles. The SMILES string of the molecule is Cc1cc(C2CCC(CNC(=O)c3c[nH]cc3-c3ccccc3OC(F)(F)F)CC2)c2cc(F)ccc2n1. The zero-order valence-corrected chi connectivity index (χ0v) is 20.7. The molecule has 1 amide bonds. The molecule has 0 aliphatic heterocycles. The van der Waals surface area contributed by atoms with E-state index < -0.39 is 6.36 Å². The smallest absolute Gasteiger partial charge is 0.405 e. The van der Waals surface area contributed by atoms with Crippen molar-refractivity contribution in [2.24, 2.45) is 5.92 Å². The van der Waals surface area contributed by atoms with Gasteiger partial charge in [0.05, 0.1) is 11.1 Å². The Balaban J connectivity index is 1.23. The molecular formula is C29H27F4N3O2. The number of benzene rings is 2. The van der Waals surface area contributed by atoms with Gasteiger partial charge in [0, 0.05) is 41.1 Å². The number of nitrogens with one attached hydrogen (secondary N) is 2. The van der Waals surface area contributed by atoms with E-state index in [1.807, 2.05) is 13.0 Å². The van der Waals surface area contributed by atoms with E-state index in [1.54, 1.807) is 18.2 Å². The van der Waals surface area contributed by atoms with Crippen molar-refractivity contribution in [3.05, 3.63) is 83.6 Å². The Hall–Kier alpha value is -3.88. The van der Waals surface area contributed by atoms with Crippen LogP contribution in [0.15, 0.2) is 60.9 Å². The molecule has 2 aromatic carbocycles. The van der Waals surface area contributed by atoms with Crippen molar-refractivity contribution in [2.75, 3.05) is 6.54 Å². The van der Waals surface area contributed by atoms with Crippen LogP contribution in [-0.2, 0) is 0 Å². The van der Waals surface area contributed by atoms with Gasteiger partial charge in [0.25, 0.3) is 5.91 Å². The number of nitrogens with zero attached hydrogens (tertiary/aromatic N) is 1. The summed E-state index contributed by atoms with van der Waals surface area (Å²) in [5, 5.41) is 3.80. The van der Waals surface area contributed by atoms with Gasteiger partial charge >= 0.3 is 6.36 Å². The van der Waals surface area contributed by atoms with Crippen molar-refractivity contribution < 1.29 is 27.1 Å². The van der Waals surface area contributed by atoms with Crippen molar-refractivity contribution in [3.8, 4) is 16.9 Å². The number of hydrogen-bond donors (Lipinski definition) is 2. The van der Waals surface area contributed by atoms with E-state index in [0.717, 1.165) is 47.8 Å². The maximum atomic E-state index is 13.9. The number of rotatable bonds is 6. The topological polar surface area (TPSA) is 67.0 Å². The van der Waals surface area contributed by atoms with Crippen LogP contribution in [0, 0.1) is 18.7 Å². The van der Waals surface area contributed by atoms with Gasteiger partial charge in [-0.3, -0.25) is 9.78 Å². The Labute approximate surface area is 217 Å². The Morgan fingerprint density at radius 2 is 1.82 bits per heavy atom. The lowest BCUT2D eigenvalue weighted by Gasteiger charge is -2.29. The summed E-state index contributed by atoms with van der Waals surface area (Å²) < 4.78 is 56.7. The lowest BCUT2D eigenvalue weighted by atomic mass is 9.77. The standard InChI is InChI=1S/C29H27F4N3O2/c1-17-12-22(23-13-20(30)10-11-26(23)36-17)19-8-6-18(7-9-19)14-35-28(37)25-16-34-15-24(25)21-4-2-3-5-27(21)38-29(31,32)33/h2-5,10-13,15-16,18-19,34H,6-9,14H2,1H3,(H,35,37). The molecule has 38 heavy (non-hydrogen) atoms. The molecule has 0 bridgehead atoms. The van der Waals surface area contributed by atoms with Gasteiger partial charge < -0.3 is 15.0 Å². The third-order valence-electron chi connectivity index (χ3n) is 7.16. The second kappa shape index (κ2) is 10.5. The average molecular weight is 526 g/mol. The van der Waals surface area contributed by atoms with Crippen molar-refractivity contribution in [1.29, 1.82) is 0 Å². The highest BCUT2D eigenvalue weighted by atomic mass is 19.4. The molecular weight excluding hydrogens is 498 g/mol. The second-order valence-electron chi connectivity index (χ2n) is 9.77. The van der Waals surface area contributed by atoms with Gasteiger partial charge in [0.15, 0.2) is 0 Å². The van der Waals surface area contributed by atoms with Gasteiger partial charge in [0.2, 0.25) is 0 Å². The summed E-state index contributed by atoms with van der Waals surface area (Å²) >= 11 is 0. The summed E-state index contributed by atoms with van der Waals surface area (Å²) in [6.07, 6.45) is 1.73. The molecule has 2 N–H and O–H groups in total. The number of alkyl halides is 3. The maximum Gasteiger partial charge on any atom is 0.573 e. The number of halogens is 4. The summed E-state index contributed by atoms with van der Waals surface area (Å²) in [5.41, 5.74) is 3.56. The number of carbonyl (C=O) groups excluding carboxylic acids is 1. The molecule has 9 heteroatoms. The highest BCUT2D eigenvalue weighted by Gasteiger charge is 2.33. The largest absolute Gasteiger partial charge is 0.573 e. The molecule has 198 valence electrons. The molecule has 5 rings (SSSR count). The number of fused-ring (bicyclic) bond motifs is 1. The monoisotopic (exact) mass is 525 g/mol. The fourth-order valence-electron chi connectivity index (χ4n) is 5.39. The lowest BCUT2D eigenvalue weighted by Crippen LogP contribution is -2.31. The molecule has 2 aromatic heterocycles. The van der Waals surface area contributed by atoms with Crippen LogP contribution < -0.4 is 10.1 Å². The quantitative estimate of drug-likeness (QED) is 0.260. The van der Waals surface area contributed by atoms with Crippen molar-refractivity contribution in [3.63, 3.8) is 0 Å². The summed E-state index contributed by atoms with van der Waals surface area (Å²) in [4.78, 5) is 20.4. The second-order valence-corrected chi connectivity index (χ2v) is 9.77. The first-order chi connectivity index (χ1) is 18.2. The van der Waals surface area contributed by atoms with Gasteiger partial charge in [-0.15, -0.1) is 13.2 Å². The summed E-state index contributed by atoms with van der Waals surface area (Å²) in [6.45, 7) is 2.40. The highest BCUT2D eigenvalue weighted by molar-refractivity contribution is 6.01. The lowest BCUT2D eigenvalue weighted by molar-refractivity contribution is -0.274. The van der Waals surface area contributed by atoms with Gasteiger partial charge in [-0.2, -0.15) is 0 Å². The third-order valence-corrected chi connectivity index (χ3v) is 7.16. The predicted octanol–water partition coefficient (Wildman–Crippen LogP) is 7.28. The van der Waals surface area contributed by atoms with E-state index in [4.69, 9.17) is 0 Å². The van der Waals surface area contributed by atoms with Crippen LogP contribution in [-0.4, -0.2) is 28.8 Å². The minimum absolute atomic E-state index is 0.174. The molecule has 4 aromatic rings. The molecule has 2 heterocycles. The van der Waals surface area contributed by atoms with E-state index in [1.165, 1.54) is 36.7 Å². The molecule has 0 atom stereocenters. The van der Waals surface area contributed by atoms with Gasteiger partial charge in [0.1, 0.15) is 11.6 Å². The fraction of sp³-hybridized carbons (Fsp3) is 0.310. The number of amides is 1. The van der Waals surface area contributed by atoms with Gasteiger partial charge in [-0.1, -0.05) is 18.2 Å². The van der Waals surface area contributed by atoms with Crippen LogP contribution in [0.5, 0.6) is 5.75 Å². The first kappa shape index (κ1) is 25.8. The minimum atomic E-state index is -4.84. The molecule has 1 aliphatic rings. The Morgan fingerprint density at radius 3 is 2.58 bits per heavy atom. The van der Waals surface area contributed by atoms with E-state index >= 15 is 0 Å². The third kappa shape index (κ3) is 5.66.